The van der Waals surface area contributed by atoms with Crippen molar-refractivity contribution in [3.63, 3.8) is 0 Å². The summed E-state index contributed by atoms with van der Waals surface area (Å²) in [5.41, 5.74) is 6.81. The summed E-state index contributed by atoms with van der Waals surface area (Å²) in [5, 5.41) is 9.44. The highest BCUT2D eigenvalue weighted by Crippen LogP contribution is 2.37. The Kier molecular flexibility index (Phi) is 3.02. The standard InChI is InChI=1S/C13H15N5O2/c1-20-10-6-8(4-5-9(10)14)15-13(19)12-16-11(17-18-12)7-2-3-7/h4-7H,2-3,14H2,1H3,(H,15,19)(H,16,17,18). The first-order valence-electron chi connectivity index (χ1n) is 6.34. The molecule has 0 saturated heterocycles. The molecule has 7 nitrogen and oxygen atoms in total. The molecule has 1 aromatic carbocycles. The van der Waals surface area contributed by atoms with Crippen molar-refractivity contribution in [1.29, 1.82) is 0 Å². The number of nitrogens with zero attached hydrogens (tertiary/aromatic N) is 2. The zero-order valence-corrected chi connectivity index (χ0v) is 11.0. The first-order valence-corrected chi connectivity index (χ1v) is 6.34. The average molecular weight is 273 g/mol. The minimum atomic E-state index is -0.361. The highest BCUT2D eigenvalue weighted by atomic mass is 16.5. The van der Waals surface area contributed by atoms with Crippen LogP contribution in [-0.2, 0) is 0 Å². The summed E-state index contributed by atoms with van der Waals surface area (Å²) in [6.07, 6.45) is 2.21. The molecule has 0 unspecified atom stereocenters. The lowest BCUT2D eigenvalue weighted by molar-refractivity contribution is 0.101. The molecule has 1 fully saturated rings. The Morgan fingerprint density at radius 2 is 2.30 bits per heavy atom. The monoisotopic (exact) mass is 273 g/mol. The third-order valence-corrected chi connectivity index (χ3v) is 3.16. The molecule has 20 heavy (non-hydrogen) atoms. The van der Waals surface area contributed by atoms with E-state index < -0.39 is 0 Å². The van der Waals surface area contributed by atoms with Crippen LogP contribution in [0, 0.1) is 0 Å². The smallest absolute Gasteiger partial charge is 0.295 e. The minimum absolute atomic E-state index is 0.141. The van der Waals surface area contributed by atoms with Crippen LogP contribution in [0.2, 0.25) is 0 Å². The van der Waals surface area contributed by atoms with Gasteiger partial charge in [-0.2, -0.15) is 0 Å². The molecular formula is C13H15N5O2. The second-order valence-corrected chi connectivity index (χ2v) is 4.73. The van der Waals surface area contributed by atoms with E-state index in [1.54, 1.807) is 18.2 Å². The van der Waals surface area contributed by atoms with Gasteiger partial charge >= 0.3 is 0 Å². The van der Waals surface area contributed by atoms with Crippen molar-refractivity contribution in [2.75, 3.05) is 18.2 Å². The number of nitrogens with one attached hydrogen (secondary N) is 2. The van der Waals surface area contributed by atoms with Gasteiger partial charge in [-0.3, -0.25) is 9.89 Å². The molecule has 2 aromatic rings. The summed E-state index contributed by atoms with van der Waals surface area (Å²) in [6, 6.07) is 5.02. The van der Waals surface area contributed by atoms with Crippen molar-refractivity contribution in [1.82, 2.24) is 15.2 Å². The molecule has 7 heteroatoms. The van der Waals surface area contributed by atoms with Gasteiger partial charge in [-0.25, -0.2) is 4.98 Å². The Morgan fingerprint density at radius 3 is 3.00 bits per heavy atom. The molecule has 1 saturated carbocycles. The maximum atomic E-state index is 12.0. The molecular weight excluding hydrogens is 258 g/mol. The van der Waals surface area contributed by atoms with Gasteiger partial charge in [-0.15, -0.1) is 5.10 Å². The lowest BCUT2D eigenvalue weighted by atomic mass is 10.2. The van der Waals surface area contributed by atoms with Gasteiger partial charge in [0.25, 0.3) is 5.91 Å². The van der Waals surface area contributed by atoms with Crippen LogP contribution in [0.15, 0.2) is 18.2 Å². The number of hydrogen-bond donors (Lipinski definition) is 3. The summed E-state index contributed by atoms with van der Waals surface area (Å²) >= 11 is 0. The normalized spacial score (nSPS) is 14.1. The minimum Gasteiger partial charge on any atom is -0.495 e. The third-order valence-electron chi connectivity index (χ3n) is 3.16. The van der Waals surface area contributed by atoms with Gasteiger partial charge < -0.3 is 15.8 Å². The molecule has 3 rings (SSSR count). The van der Waals surface area contributed by atoms with Crippen LogP contribution in [0.5, 0.6) is 5.75 Å². The quantitative estimate of drug-likeness (QED) is 0.732. The van der Waals surface area contributed by atoms with E-state index in [0.29, 0.717) is 23.0 Å². The molecule has 0 bridgehead atoms. The van der Waals surface area contributed by atoms with E-state index >= 15 is 0 Å². The molecule has 0 aliphatic heterocycles. The number of anilines is 2. The van der Waals surface area contributed by atoms with Crippen LogP contribution in [0.1, 0.15) is 35.2 Å². The average Bonchev–Trinajstić information content (AvgIpc) is 3.18. The first kappa shape index (κ1) is 12.5. The van der Waals surface area contributed by atoms with Crippen molar-refractivity contribution in [2.24, 2.45) is 0 Å². The van der Waals surface area contributed by atoms with Gasteiger partial charge in [0.15, 0.2) is 0 Å². The van der Waals surface area contributed by atoms with Gasteiger partial charge in [0.1, 0.15) is 11.6 Å². The van der Waals surface area contributed by atoms with E-state index in [4.69, 9.17) is 10.5 Å². The fraction of sp³-hybridized carbons (Fsp3) is 0.308. The number of aromatic nitrogens is 3. The maximum Gasteiger partial charge on any atom is 0.295 e. The van der Waals surface area contributed by atoms with Crippen molar-refractivity contribution in [3.8, 4) is 5.75 Å². The second kappa shape index (κ2) is 4.84. The Morgan fingerprint density at radius 1 is 1.50 bits per heavy atom. The summed E-state index contributed by atoms with van der Waals surface area (Å²) in [5.74, 6) is 1.50. The number of rotatable bonds is 4. The van der Waals surface area contributed by atoms with Crippen LogP contribution in [0.25, 0.3) is 0 Å². The van der Waals surface area contributed by atoms with E-state index in [1.165, 1.54) is 7.11 Å². The Labute approximate surface area is 115 Å². The number of methoxy groups -OCH3 is 1. The molecule has 1 aromatic heterocycles. The van der Waals surface area contributed by atoms with Gasteiger partial charge in [-0.05, 0) is 25.0 Å². The number of nitrogen functional groups attached to an aromatic ring is 1. The van der Waals surface area contributed by atoms with Crippen molar-refractivity contribution in [3.05, 3.63) is 29.8 Å². The topological polar surface area (TPSA) is 106 Å². The largest absolute Gasteiger partial charge is 0.495 e. The number of nitrogens with two attached hydrogens (primary N) is 1. The van der Waals surface area contributed by atoms with E-state index in [1.807, 2.05) is 0 Å². The zero-order chi connectivity index (χ0) is 14.1. The SMILES string of the molecule is COc1cc(NC(=O)c2n[nH]c(C3CC3)n2)ccc1N. The highest BCUT2D eigenvalue weighted by Gasteiger charge is 2.28. The molecule has 4 N–H and O–H groups in total. The third kappa shape index (κ3) is 2.42. The molecule has 0 atom stereocenters. The van der Waals surface area contributed by atoms with Gasteiger partial charge in [0, 0.05) is 17.7 Å². The molecule has 0 radical (unpaired) electrons. The summed E-state index contributed by atoms with van der Waals surface area (Å²) in [6.45, 7) is 0. The Hall–Kier alpha value is -2.57. The predicted molar refractivity (Wildman–Crippen MR) is 73.7 cm³/mol. The summed E-state index contributed by atoms with van der Waals surface area (Å²) < 4.78 is 5.10. The van der Waals surface area contributed by atoms with Crippen LogP contribution in [0.4, 0.5) is 11.4 Å². The fourth-order valence-corrected chi connectivity index (χ4v) is 1.89. The summed E-state index contributed by atoms with van der Waals surface area (Å²) in [7, 11) is 1.52. The number of ether oxygens (including phenoxy) is 1. The lowest BCUT2D eigenvalue weighted by Crippen LogP contribution is -2.14. The van der Waals surface area contributed by atoms with E-state index in [2.05, 4.69) is 20.5 Å². The van der Waals surface area contributed by atoms with Crippen molar-refractivity contribution < 1.29 is 9.53 Å². The van der Waals surface area contributed by atoms with Crippen LogP contribution in [-0.4, -0.2) is 28.2 Å². The van der Waals surface area contributed by atoms with Gasteiger partial charge in [-0.1, -0.05) is 0 Å². The Bertz CT molecular complexity index is 648. The Balaban J connectivity index is 1.74. The number of aromatic amines is 1. The maximum absolute atomic E-state index is 12.0. The summed E-state index contributed by atoms with van der Waals surface area (Å²) in [4.78, 5) is 16.2. The van der Waals surface area contributed by atoms with Crippen molar-refractivity contribution in [2.45, 2.75) is 18.8 Å². The first-order chi connectivity index (χ1) is 9.67. The van der Waals surface area contributed by atoms with E-state index in [9.17, 15) is 4.79 Å². The molecule has 104 valence electrons. The lowest BCUT2D eigenvalue weighted by Gasteiger charge is -2.07. The molecule has 0 spiro atoms. The highest BCUT2D eigenvalue weighted by molar-refractivity contribution is 6.01. The number of carbonyl (C=O) groups is 1. The van der Waals surface area contributed by atoms with Crippen LogP contribution < -0.4 is 15.8 Å². The second-order valence-electron chi connectivity index (χ2n) is 4.73. The number of benzene rings is 1. The van der Waals surface area contributed by atoms with Crippen LogP contribution >= 0.6 is 0 Å². The number of hydrogen-bond acceptors (Lipinski definition) is 5. The number of amides is 1. The zero-order valence-electron chi connectivity index (χ0n) is 11.0. The van der Waals surface area contributed by atoms with Crippen molar-refractivity contribution >= 4 is 17.3 Å². The molecule has 1 aliphatic carbocycles. The molecule has 1 amide bonds. The molecule has 1 aliphatic rings. The van der Waals surface area contributed by atoms with E-state index in [-0.39, 0.29) is 11.7 Å². The van der Waals surface area contributed by atoms with Crippen LogP contribution in [0.3, 0.4) is 0 Å². The van der Waals surface area contributed by atoms with E-state index in [0.717, 1.165) is 18.7 Å². The predicted octanol–water partition coefficient (Wildman–Crippen LogP) is 1.53. The van der Waals surface area contributed by atoms with Gasteiger partial charge in [0.05, 0.1) is 12.8 Å². The number of carbonyl (C=O) groups excluding carboxylic acids is 1. The number of H-pyrrole nitrogens is 1. The fourth-order valence-electron chi connectivity index (χ4n) is 1.89. The molecule has 1 heterocycles. The van der Waals surface area contributed by atoms with Gasteiger partial charge in [0.2, 0.25) is 5.82 Å².